The normalized spacial score (nSPS) is 15.9. The Morgan fingerprint density at radius 2 is 1.32 bits per heavy atom. The van der Waals surface area contributed by atoms with Crippen LogP contribution in [0.1, 0.15) is 47.6 Å². The van der Waals surface area contributed by atoms with Crippen LogP contribution in [0.15, 0.2) is 78.9 Å². The third-order valence-corrected chi connectivity index (χ3v) is 7.03. The number of nitrogens with one attached hydrogen (secondary N) is 1. The number of alkyl halides is 6. The Morgan fingerprint density at radius 3 is 1.85 bits per heavy atom. The molecule has 1 fully saturated rings. The highest BCUT2D eigenvalue weighted by molar-refractivity contribution is 5.92. The van der Waals surface area contributed by atoms with E-state index >= 15 is 0 Å². The number of anilines is 1. The molecule has 1 aliphatic rings. The summed E-state index contributed by atoms with van der Waals surface area (Å²) in [6.07, 6.45) is -9.43. The van der Waals surface area contributed by atoms with Gasteiger partial charge in [0.2, 0.25) is 5.91 Å². The topological polar surface area (TPSA) is 49.4 Å². The Kier molecular flexibility index (Phi) is 8.98. The first-order valence-electron chi connectivity index (χ1n) is 12.9. The van der Waals surface area contributed by atoms with Crippen molar-refractivity contribution in [1.29, 1.82) is 0 Å². The Bertz CT molecular complexity index is 1270. The summed E-state index contributed by atoms with van der Waals surface area (Å²) in [6.45, 7) is 0.861. The molecule has 4 rings (SSSR count). The number of para-hydroxylation sites is 1. The molecule has 40 heavy (non-hydrogen) atoms. The third kappa shape index (κ3) is 7.50. The molecule has 1 amide bonds. The lowest BCUT2D eigenvalue weighted by molar-refractivity contribution is -0.143. The minimum absolute atomic E-state index is 0.0796. The molecule has 1 heterocycles. The van der Waals surface area contributed by atoms with E-state index in [1.165, 1.54) is 0 Å². The molecule has 0 saturated carbocycles. The zero-order chi connectivity index (χ0) is 28.9. The van der Waals surface area contributed by atoms with Crippen LogP contribution in [0.4, 0.5) is 32.0 Å². The quantitative estimate of drug-likeness (QED) is 0.293. The molecular weight excluding hydrogens is 534 g/mol. The van der Waals surface area contributed by atoms with Crippen LogP contribution in [0.3, 0.4) is 0 Å². The zero-order valence-electron chi connectivity index (χ0n) is 21.4. The molecule has 1 unspecified atom stereocenters. The third-order valence-electron chi connectivity index (χ3n) is 7.03. The van der Waals surface area contributed by atoms with Gasteiger partial charge in [-0.2, -0.15) is 26.3 Å². The molecule has 10 heteroatoms. The summed E-state index contributed by atoms with van der Waals surface area (Å²) in [7, 11) is 0. The first-order chi connectivity index (χ1) is 18.9. The van der Waals surface area contributed by atoms with Crippen LogP contribution in [-0.4, -0.2) is 29.7 Å². The fourth-order valence-corrected chi connectivity index (χ4v) is 4.99. The standard InChI is InChI=1S/C30H28F6N2O2/c31-29(32,33)23-17-20(18-24(19-23)30(34,35)36)11-12-26(39)27(21-7-3-1-4-8-21)38-15-13-22(14-16-38)28(40)37-25-9-5-2-6-10-25/h1-10,17-19,22,27H,11-16H2,(H,37,40). The number of nitrogens with zero attached hydrogens (tertiary/aromatic N) is 1. The molecule has 4 nitrogen and oxygen atoms in total. The van der Waals surface area contributed by atoms with E-state index in [1.807, 2.05) is 23.1 Å². The van der Waals surface area contributed by atoms with Gasteiger partial charge >= 0.3 is 12.4 Å². The molecule has 1 aliphatic heterocycles. The molecule has 1 N–H and O–H groups in total. The van der Waals surface area contributed by atoms with E-state index in [0.29, 0.717) is 49.3 Å². The number of carbonyl (C=O) groups is 2. The number of Topliss-reactive ketones (excluding diaryl/α,β-unsaturated/α-hetero) is 1. The molecule has 212 valence electrons. The van der Waals surface area contributed by atoms with Gasteiger partial charge in [-0.25, -0.2) is 0 Å². The molecule has 0 radical (unpaired) electrons. The second-order valence-electron chi connectivity index (χ2n) is 9.86. The summed E-state index contributed by atoms with van der Waals surface area (Å²) < 4.78 is 79.6. The first-order valence-corrected chi connectivity index (χ1v) is 12.9. The summed E-state index contributed by atoms with van der Waals surface area (Å²) in [5.74, 6) is -0.684. The van der Waals surface area contributed by atoms with E-state index in [1.54, 1.807) is 42.5 Å². The smallest absolute Gasteiger partial charge is 0.326 e. The Hall–Kier alpha value is -3.66. The average Bonchev–Trinajstić information content (AvgIpc) is 2.92. The van der Waals surface area contributed by atoms with Crippen molar-refractivity contribution < 1.29 is 35.9 Å². The van der Waals surface area contributed by atoms with E-state index in [-0.39, 0.29) is 42.1 Å². The first kappa shape index (κ1) is 29.3. The van der Waals surface area contributed by atoms with Gasteiger partial charge in [0, 0.05) is 18.0 Å². The number of halogens is 6. The van der Waals surface area contributed by atoms with Crippen molar-refractivity contribution >= 4 is 17.4 Å². The highest BCUT2D eigenvalue weighted by Crippen LogP contribution is 2.37. The molecule has 3 aromatic rings. The van der Waals surface area contributed by atoms with Crippen molar-refractivity contribution in [2.75, 3.05) is 18.4 Å². The Morgan fingerprint density at radius 1 is 0.800 bits per heavy atom. The zero-order valence-corrected chi connectivity index (χ0v) is 21.4. The minimum atomic E-state index is -4.95. The molecule has 1 saturated heterocycles. The molecule has 3 aromatic carbocycles. The number of hydrogen-bond acceptors (Lipinski definition) is 3. The maximum atomic E-state index is 13.5. The van der Waals surface area contributed by atoms with Gasteiger partial charge in [0.25, 0.3) is 0 Å². The summed E-state index contributed by atoms with van der Waals surface area (Å²) >= 11 is 0. The van der Waals surface area contributed by atoms with Crippen molar-refractivity contribution in [3.05, 3.63) is 101 Å². The van der Waals surface area contributed by atoms with E-state index in [0.717, 1.165) is 0 Å². The monoisotopic (exact) mass is 562 g/mol. The van der Waals surface area contributed by atoms with Crippen LogP contribution in [-0.2, 0) is 28.4 Å². The number of hydrogen-bond donors (Lipinski definition) is 1. The van der Waals surface area contributed by atoms with Crippen LogP contribution in [0.2, 0.25) is 0 Å². The Labute approximate surface area is 228 Å². The summed E-state index contributed by atoms with van der Waals surface area (Å²) in [4.78, 5) is 28.1. The second-order valence-corrected chi connectivity index (χ2v) is 9.86. The van der Waals surface area contributed by atoms with Gasteiger partial charge in [-0.05, 0) is 73.8 Å². The minimum Gasteiger partial charge on any atom is -0.326 e. The lowest BCUT2D eigenvalue weighted by Crippen LogP contribution is -2.42. The number of amides is 1. The van der Waals surface area contributed by atoms with Crippen LogP contribution in [0.25, 0.3) is 0 Å². The number of likely N-dealkylation sites (tertiary alicyclic amines) is 1. The fraction of sp³-hybridized carbons (Fsp3) is 0.333. The van der Waals surface area contributed by atoms with Crippen LogP contribution in [0, 0.1) is 5.92 Å². The predicted octanol–water partition coefficient (Wildman–Crippen LogP) is 7.32. The number of benzene rings is 3. The Balaban J connectivity index is 1.47. The number of rotatable bonds is 8. The van der Waals surface area contributed by atoms with Crippen molar-refractivity contribution in [1.82, 2.24) is 4.90 Å². The molecule has 0 aliphatic carbocycles. The SMILES string of the molecule is O=C(Nc1ccccc1)C1CCN(C(C(=O)CCc2cc(C(F)(F)F)cc(C(F)(F)F)c2)c2ccccc2)CC1. The lowest BCUT2D eigenvalue weighted by Gasteiger charge is -2.36. The molecule has 0 bridgehead atoms. The highest BCUT2D eigenvalue weighted by atomic mass is 19.4. The van der Waals surface area contributed by atoms with Gasteiger partial charge in [0.1, 0.15) is 0 Å². The number of carbonyl (C=O) groups excluding carboxylic acids is 2. The van der Waals surface area contributed by atoms with Gasteiger partial charge < -0.3 is 5.32 Å². The van der Waals surface area contributed by atoms with Crippen molar-refractivity contribution in [2.24, 2.45) is 5.92 Å². The summed E-state index contributed by atoms with van der Waals surface area (Å²) in [5.41, 5.74) is -1.64. The number of aryl methyl sites for hydroxylation is 1. The average molecular weight is 563 g/mol. The van der Waals surface area contributed by atoms with Gasteiger partial charge in [0.15, 0.2) is 5.78 Å². The second kappa shape index (κ2) is 12.2. The predicted molar refractivity (Wildman–Crippen MR) is 138 cm³/mol. The van der Waals surface area contributed by atoms with Gasteiger partial charge in [0.05, 0.1) is 17.2 Å². The largest absolute Gasteiger partial charge is 0.416 e. The molecule has 0 spiro atoms. The van der Waals surface area contributed by atoms with Gasteiger partial charge in [-0.15, -0.1) is 0 Å². The summed E-state index contributed by atoms with van der Waals surface area (Å²) in [5, 5.41) is 2.89. The van der Waals surface area contributed by atoms with Crippen molar-refractivity contribution in [2.45, 2.75) is 44.1 Å². The van der Waals surface area contributed by atoms with Crippen LogP contribution >= 0.6 is 0 Å². The fourth-order valence-electron chi connectivity index (χ4n) is 4.99. The van der Waals surface area contributed by atoms with E-state index < -0.39 is 29.5 Å². The molecular formula is C30H28F6N2O2. The summed E-state index contributed by atoms with van der Waals surface area (Å²) in [6, 6.07) is 18.6. The van der Waals surface area contributed by atoms with E-state index in [2.05, 4.69) is 5.32 Å². The maximum absolute atomic E-state index is 13.5. The van der Waals surface area contributed by atoms with Crippen LogP contribution < -0.4 is 5.32 Å². The van der Waals surface area contributed by atoms with Gasteiger partial charge in [-0.3, -0.25) is 14.5 Å². The van der Waals surface area contributed by atoms with Crippen molar-refractivity contribution in [3.63, 3.8) is 0 Å². The van der Waals surface area contributed by atoms with Crippen LogP contribution in [0.5, 0.6) is 0 Å². The highest BCUT2D eigenvalue weighted by Gasteiger charge is 2.37. The molecule has 0 aromatic heterocycles. The maximum Gasteiger partial charge on any atom is 0.416 e. The lowest BCUT2D eigenvalue weighted by atomic mass is 9.90. The number of ketones is 1. The van der Waals surface area contributed by atoms with E-state index in [9.17, 15) is 35.9 Å². The van der Waals surface area contributed by atoms with E-state index in [4.69, 9.17) is 0 Å². The van der Waals surface area contributed by atoms with Gasteiger partial charge in [-0.1, -0.05) is 48.5 Å². The molecule has 1 atom stereocenters. The number of piperidine rings is 1. The van der Waals surface area contributed by atoms with Crippen molar-refractivity contribution in [3.8, 4) is 0 Å².